The molecule has 5 heteroatoms. The second-order valence-corrected chi connectivity index (χ2v) is 3.71. The minimum absolute atomic E-state index is 0.407. The molecule has 0 heterocycles. The molecule has 0 aliphatic carbocycles. The molecule has 86 valence electrons. The summed E-state index contributed by atoms with van der Waals surface area (Å²) in [6, 6.07) is 0. The molecule has 0 aliphatic heterocycles. The average molecular weight is 213 g/mol. The minimum Gasteiger partial charge on any atom is -0.480 e. The van der Waals surface area contributed by atoms with Crippen molar-refractivity contribution in [2.75, 3.05) is 6.54 Å². The third-order valence-electron chi connectivity index (χ3n) is 1.93. The highest BCUT2D eigenvalue weighted by Gasteiger charge is 2.26. The fraction of sp³-hybridized carbons (Fsp3) is 0.600. The summed E-state index contributed by atoms with van der Waals surface area (Å²) in [6.07, 6.45) is 4.73. The number of allylic oxidation sites excluding steroid dienone is 1. The van der Waals surface area contributed by atoms with Gasteiger partial charge in [-0.2, -0.15) is 0 Å². The van der Waals surface area contributed by atoms with Gasteiger partial charge in [0.25, 0.3) is 0 Å². The number of carbonyl (C=O) groups is 1. The van der Waals surface area contributed by atoms with E-state index in [1.54, 1.807) is 6.92 Å². The lowest BCUT2D eigenvalue weighted by Gasteiger charge is -2.17. The minimum atomic E-state index is -1.16. The Hall–Kier alpha value is -1.36. The van der Waals surface area contributed by atoms with Gasteiger partial charge in [0.1, 0.15) is 5.54 Å². The number of aliphatic imine (C=N–C) groups is 1. The first-order valence-corrected chi connectivity index (χ1v) is 4.80. The molecule has 0 rings (SSSR count). The van der Waals surface area contributed by atoms with Crippen LogP contribution in [0.1, 0.15) is 26.7 Å². The first-order valence-electron chi connectivity index (χ1n) is 4.80. The Balaban J connectivity index is 3.80. The summed E-state index contributed by atoms with van der Waals surface area (Å²) in [5.41, 5.74) is 9.72. The summed E-state index contributed by atoms with van der Waals surface area (Å²) in [5, 5.41) is 8.73. The van der Waals surface area contributed by atoms with Gasteiger partial charge in [-0.3, -0.25) is 9.79 Å². The van der Waals surface area contributed by atoms with E-state index < -0.39 is 11.5 Å². The zero-order valence-electron chi connectivity index (χ0n) is 9.23. The number of hydrogen-bond donors (Lipinski definition) is 3. The molecular formula is C10H19N3O2. The quantitative estimate of drug-likeness (QED) is 0.339. The molecule has 0 bridgehead atoms. The fourth-order valence-corrected chi connectivity index (χ4v) is 0.879. The van der Waals surface area contributed by atoms with E-state index in [0.717, 1.165) is 0 Å². The lowest BCUT2D eigenvalue weighted by atomic mass is 9.97. The van der Waals surface area contributed by atoms with Gasteiger partial charge in [-0.1, -0.05) is 12.2 Å². The van der Waals surface area contributed by atoms with Crippen molar-refractivity contribution < 1.29 is 9.90 Å². The van der Waals surface area contributed by atoms with Gasteiger partial charge in [-0.25, -0.2) is 0 Å². The van der Waals surface area contributed by atoms with E-state index in [4.69, 9.17) is 16.6 Å². The van der Waals surface area contributed by atoms with Crippen LogP contribution in [0.3, 0.4) is 0 Å². The van der Waals surface area contributed by atoms with Gasteiger partial charge >= 0.3 is 5.97 Å². The number of hydrogen-bond acceptors (Lipinski definition) is 3. The molecule has 0 saturated heterocycles. The van der Waals surface area contributed by atoms with E-state index in [0.29, 0.717) is 25.2 Å². The number of nitrogens with two attached hydrogens (primary N) is 2. The molecule has 5 nitrogen and oxygen atoms in total. The number of carboxylic acids is 1. The van der Waals surface area contributed by atoms with E-state index in [1.165, 1.54) is 6.92 Å². The van der Waals surface area contributed by atoms with Crippen molar-refractivity contribution in [1.82, 2.24) is 0 Å². The highest BCUT2D eigenvalue weighted by atomic mass is 16.4. The lowest BCUT2D eigenvalue weighted by molar-refractivity contribution is -0.142. The zero-order chi connectivity index (χ0) is 11.9. The third kappa shape index (κ3) is 6.68. The molecule has 0 radical (unpaired) electrons. The second kappa shape index (κ2) is 6.19. The van der Waals surface area contributed by atoms with Gasteiger partial charge in [0.2, 0.25) is 0 Å². The van der Waals surface area contributed by atoms with Crippen molar-refractivity contribution in [2.24, 2.45) is 16.5 Å². The molecule has 0 aromatic rings. The fourth-order valence-electron chi connectivity index (χ4n) is 0.879. The Morgan fingerprint density at radius 1 is 1.53 bits per heavy atom. The molecule has 5 N–H and O–H groups in total. The number of nitrogens with zero attached hydrogens (tertiary/aromatic N) is 1. The SMILES string of the molecule is CC(N)=NCC=CCC[C@](C)(N)C(=O)O. The van der Waals surface area contributed by atoms with Crippen LogP contribution in [-0.2, 0) is 4.79 Å². The standard InChI is InChI=1S/C10H19N3O2/c1-8(11)13-7-5-3-4-6-10(2,12)9(14)15/h3,5H,4,6-7,12H2,1-2H3,(H2,11,13)(H,14,15)/t10-/m0/s1. The van der Waals surface area contributed by atoms with Gasteiger partial charge in [0, 0.05) is 0 Å². The molecular weight excluding hydrogens is 194 g/mol. The number of aliphatic carboxylic acids is 1. The maximum Gasteiger partial charge on any atom is 0.323 e. The Bertz CT molecular complexity index is 266. The van der Waals surface area contributed by atoms with Gasteiger partial charge in [0.05, 0.1) is 12.4 Å². The summed E-state index contributed by atoms with van der Waals surface area (Å²) in [7, 11) is 0. The van der Waals surface area contributed by atoms with Crippen molar-refractivity contribution in [3.8, 4) is 0 Å². The molecule has 0 saturated carbocycles. The number of amidine groups is 1. The largest absolute Gasteiger partial charge is 0.480 e. The van der Waals surface area contributed by atoms with E-state index in [-0.39, 0.29) is 0 Å². The van der Waals surface area contributed by atoms with Gasteiger partial charge < -0.3 is 16.6 Å². The maximum absolute atomic E-state index is 10.6. The Kier molecular flexibility index (Phi) is 5.62. The van der Waals surface area contributed by atoms with E-state index in [1.807, 2.05) is 12.2 Å². The van der Waals surface area contributed by atoms with E-state index in [2.05, 4.69) is 4.99 Å². The molecule has 1 atom stereocenters. The summed E-state index contributed by atoms with van der Waals surface area (Å²) in [6.45, 7) is 3.75. The predicted molar refractivity (Wildman–Crippen MR) is 60.8 cm³/mol. The molecule has 0 fully saturated rings. The van der Waals surface area contributed by atoms with E-state index in [9.17, 15) is 4.79 Å². The molecule has 15 heavy (non-hydrogen) atoms. The van der Waals surface area contributed by atoms with Crippen molar-refractivity contribution in [3.05, 3.63) is 12.2 Å². The van der Waals surface area contributed by atoms with Crippen LogP contribution in [0.15, 0.2) is 17.1 Å². The first kappa shape index (κ1) is 13.6. The van der Waals surface area contributed by atoms with Crippen LogP contribution in [0.5, 0.6) is 0 Å². The summed E-state index contributed by atoms with van der Waals surface area (Å²) in [5.74, 6) is -0.444. The summed E-state index contributed by atoms with van der Waals surface area (Å²) >= 11 is 0. The smallest absolute Gasteiger partial charge is 0.323 e. The highest BCUT2D eigenvalue weighted by Crippen LogP contribution is 2.09. The van der Waals surface area contributed by atoms with Crippen molar-refractivity contribution in [1.29, 1.82) is 0 Å². The van der Waals surface area contributed by atoms with E-state index >= 15 is 0 Å². The molecule has 0 amide bonds. The number of carboxylic acid groups (broad SMARTS) is 1. The zero-order valence-corrected chi connectivity index (χ0v) is 9.23. The van der Waals surface area contributed by atoms with Crippen molar-refractivity contribution >= 4 is 11.8 Å². The predicted octanol–water partition coefficient (Wildman–Crippen LogP) is 0.502. The maximum atomic E-state index is 10.6. The third-order valence-corrected chi connectivity index (χ3v) is 1.93. The number of rotatable bonds is 6. The normalized spacial score (nSPS) is 16.6. The average Bonchev–Trinajstić information content (AvgIpc) is 2.10. The van der Waals surface area contributed by atoms with Crippen LogP contribution in [0.4, 0.5) is 0 Å². The Morgan fingerprint density at radius 3 is 2.60 bits per heavy atom. The van der Waals surface area contributed by atoms with Crippen molar-refractivity contribution in [3.63, 3.8) is 0 Å². The Morgan fingerprint density at radius 2 is 2.13 bits per heavy atom. The first-order chi connectivity index (χ1) is 6.86. The van der Waals surface area contributed by atoms with Gasteiger partial charge in [-0.05, 0) is 26.7 Å². The monoisotopic (exact) mass is 213 g/mol. The van der Waals surface area contributed by atoms with Crippen LogP contribution in [0.2, 0.25) is 0 Å². The van der Waals surface area contributed by atoms with Crippen LogP contribution >= 0.6 is 0 Å². The molecule has 0 spiro atoms. The topological polar surface area (TPSA) is 102 Å². The van der Waals surface area contributed by atoms with Crippen LogP contribution in [-0.4, -0.2) is 29.0 Å². The van der Waals surface area contributed by atoms with Crippen LogP contribution in [0, 0.1) is 0 Å². The van der Waals surface area contributed by atoms with Crippen molar-refractivity contribution in [2.45, 2.75) is 32.2 Å². The van der Waals surface area contributed by atoms with Crippen LogP contribution in [0.25, 0.3) is 0 Å². The lowest BCUT2D eigenvalue weighted by Crippen LogP contribution is -2.44. The molecule has 0 aliphatic rings. The summed E-state index contributed by atoms with van der Waals surface area (Å²) in [4.78, 5) is 14.6. The van der Waals surface area contributed by atoms with Crippen LogP contribution < -0.4 is 11.5 Å². The second-order valence-electron chi connectivity index (χ2n) is 3.71. The molecule has 0 aromatic carbocycles. The van der Waals surface area contributed by atoms with Gasteiger partial charge in [-0.15, -0.1) is 0 Å². The Labute approximate surface area is 89.9 Å². The molecule has 0 aromatic heterocycles. The summed E-state index contributed by atoms with van der Waals surface area (Å²) < 4.78 is 0. The van der Waals surface area contributed by atoms with Gasteiger partial charge in [0.15, 0.2) is 0 Å². The highest BCUT2D eigenvalue weighted by molar-refractivity contribution is 5.78. The molecule has 0 unspecified atom stereocenters.